The van der Waals surface area contributed by atoms with Crippen LogP contribution in [0.3, 0.4) is 0 Å². The van der Waals surface area contributed by atoms with Crippen molar-refractivity contribution in [1.82, 2.24) is 9.03 Å². The van der Waals surface area contributed by atoms with Crippen molar-refractivity contribution >= 4 is 10.2 Å². The van der Waals surface area contributed by atoms with Crippen LogP contribution in [0.15, 0.2) is 0 Å². The van der Waals surface area contributed by atoms with Gasteiger partial charge in [0, 0.05) is 26.2 Å². The van der Waals surface area contributed by atoms with Gasteiger partial charge in [0.25, 0.3) is 10.2 Å². The van der Waals surface area contributed by atoms with Crippen LogP contribution >= 0.6 is 0 Å². The van der Waals surface area contributed by atoms with E-state index in [1.165, 1.54) is 6.42 Å². The first-order valence-electron chi connectivity index (χ1n) is 7.07. The molecule has 3 N–H and O–H groups in total. The second kappa shape index (κ2) is 8.86. The highest BCUT2D eigenvalue weighted by Crippen LogP contribution is 2.24. The lowest BCUT2D eigenvalue weighted by atomic mass is 9.95. The lowest BCUT2D eigenvalue weighted by molar-refractivity contribution is 0.202. The normalized spacial score (nSPS) is 18.1. The fraction of sp³-hybridized carbons (Fsp3) is 1.00. The molecule has 0 unspecified atom stereocenters. The molecule has 0 radical (unpaired) electrons. The maximum Gasteiger partial charge on any atom is 0.279 e. The number of nitrogens with one attached hydrogen (secondary N) is 1. The minimum Gasteiger partial charge on any atom is -0.383 e. The topological polar surface area (TPSA) is 84.7 Å². The zero-order valence-electron chi connectivity index (χ0n) is 11.8. The molecule has 0 bridgehead atoms. The standard InChI is InChI=1S/C12H27N3O3S/c1-18-11-9-14-19(16,17)15(10-5-8-13)12-6-3-2-4-7-12/h12,14H,2-11,13H2,1H3. The molecule has 7 heteroatoms. The molecule has 0 heterocycles. The van der Waals surface area contributed by atoms with E-state index in [2.05, 4.69) is 4.72 Å². The average Bonchev–Trinajstić information content (AvgIpc) is 2.40. The van der Waals surface area contributed by atoms with E-state index < -0.39 is 10.2 Å². The molecule has 114 valence electrons. The van der Waals surface area contributed by atoms with Crippen LogP contribution in [0.1, 0.15) is 38.5 Å². The molecule has 0 atom stereocenters. The molecule has 0 aromatic heterocycles. The summed E-state index contributed by atoms with van der Waals surface area (Å²) in [6, 6.07) is 0.125. The maximum absolute atomic E-state index is 12.3. The summed E-state index contributed by atoms with van der Waals surface area (Å²) in [5, 5.41) is 0. The number of hydrogen-bond donors (Lipinski definition) is 2. The molecule has 1 aliphatic carbocycles. The van der Waals surface area contributed by atoms with Gasteiger partial charge in [-0.2, -0.15) is 17.4 Å². The molecule has 0 aromatic rings. The highest BCUT2D eigenvalue weighted by atomic mass is 32.2. The van der Waals surface area contributed by atoms with Crippen molar-refractivity contribution in [3.8, 4) is 0 Å². The number of methoxy groups -OCH3 is 1. The van der Waals surface area contributed by atoms with Gasteiger partial charge < -0.3 is 10.5 Å². The van der Waals surface area contributed by atoms with Crippen molar-refractivity contribution < 1.29 is 13.2 Å². The van der Waals surface area contributed by atoms with Gasteiger partial charge in [0.05, 0.1) is 6.61 Å². The molecule has 1 rings (SSSR count). The lowest BCUT2D eigenvalue weighted by Crippen LogP contribution is -2.48. The summed E-state index contributed by atoms with van der Waals surface area (Å²) in [5.41, 5.74) is 5.51. The summed E-state index contributed by atoms with van der Waals surface area (Å²) in [6.45, 7) is 1.71. The van der Waals surface area contributed by atoms with Crippen LogP contribution in [0.4, 0.5) is 0 Å². The van der Waals surface area contributed by atoms with Crippen LogP contribution in [0.2, 0.25) is 0 Å². The maximum atomic E-state index is 12.3. The van der Waals surface area contributed by atoms with Crippen LogP contribution in [0.5, 0.6) is 0 Å². The minimum atomic E-state index is -3.42. The van der Waals surface area contributed by atoms with Crippen LogP contribution < -0.4 is 10.5 Å². The zero-order chi connectivity index (χ0) is 14.1. The van der Waals surface area contributed by atoms with Gasteiger partial charge in [-0.25, -0.2) is 0 Å². The highest BCUT2D eigenvalue weighted by Gasteiger charge is 2.30. The molecule has 0 aliphatic heterocycles. The third-order valence-electron chi connectivity index (χ3n) is 3.46. The number of nitrogens with two attached hydrogens (primary N) is 1. The van der Waals surface area contributed by atoms with Gasteiger partial charge in [0.1, 0.15) is 0 Å². The number of nitrogens with zero attached hydrogens (tertiary/aromatic N) is 1. The Bertz CT molecular complexity index is 329. The second-order valence-corrected chi connectivity index (χ2v) is 6.64. The van der Waals surface area contributed by atoms with Crippen LogP contribution in [-0.4, -0.2) is 52.1 Å². The lowest BCUT2D eigenvalue weighted by Gasteiger charge is -2.33. The third kappa shape index (κ3) is 5.74. The Kier molecular flexibility index (Phi) is 7.86. The first-order chi connectivity index (χ1) is 9.11. The van der Waals surface area contributed by atoms with Gasteiger partial charge in [-0.1, -0.05) is 19.3 Å². The van der Waals surface area contributed by atoms with Crippen molar-refractivity contribution in [1.29, 1.82) is 0 Å². The van der Waals surface area contributed by atoms with Crippen molar-refractivity contribution in [3.63, 3.8) is 0 Å². The molecule has 0 amide bonds. The van der Waals surface area contributed by atoms with E-state index in [1.807, 2.05) is 0 Å². The Hall–Kier alpha value is -0.210. The smallest absolute Gasteiger partial charge is 0.279 e. The molecule has 1 fully saturated rings. The van der Waals surface area contributed by atoms with E-state index in [1.54, 1.807) is 11.4 Å². The van der Waals surface area contributed by atoms with Crippen molar-refractivity contribution in [2.24, 2.45) is 5.73 Å². The van der Waals surface area contributed by atoms with Crippen LogP contribution in [-0.2, 0) is 14.9 Å². The Morgan fingerprint density at radius 3 is 2.58 bits per heavy atom. The zero-order valence-corrected chi connectivity index (χ0v) is 12.6. The summed E-state index contributed by atoms with van der Waals surface area (Å²) in [7, 11) is -1.86. The number of ether oxygens (including phenoxy) is 1. The van der Waals surface area contributed by atoms with Gasteiger partial charge in [-0.3, -0.25) is 0 Å². The Labute approximate surface area is 116 Å². The first-order valence-corrected chi connectivity index (χ1v) is 8.51. The van der Waals surface area contributed by atoms with Gasteiger partial charge in [-0.15, -0.1) is 0 Å². The quantitative estimate of drug-likeness (QED) is 0.605. The van der Waals surface area contributed by atoms with Crippen molar-refractivity contribution in [2.45, 2.75) is 44.6 Å². The van der Waals surface area contributed by atoms with E-state index in [-0.39, 0.29) is 6.04 Å². The van der Waals surface area contributed by atoms with Gasteiger partial charge in [0.2, 0.25) is 0 Å². The first kappa shape index (κ1) is 16.8. The molecule has 0 spiro atoms. The summed E-state index contributed by atoms with van der Waals surface area (Å²) in [5.74, 6) is 0. The predicted molar refractivity (Wildman–Crippen MR) is 76.0 cm³/mol. The molecular formula is C12H27N3O3S. The molecule has 1 aliphatic rings. The fourth-order valence-corrected chi connectivity index (χ4v) is 3.95. The molecule has 6 nitrogen and oxygen atoms in total. The largest absolute Gasteiger partial charge is 0.383 e. The van der Waals surface area contributed by atoms with Crippen molar-refractivity contribution in [3.05, 3.63) is 0 Å². The molecule has 0 aromatic carbocycles. The molecule has 1 saturated carbocycles. The second-order valence-electron chi connectivity index (χ2n) is 4.94. The van der Waals surface area contributed by atoms with Crippen LogP contribution in [0.25, 0.3) is 0 Å². The van der Waals surface area contributed by atoms with Gasteiger partial charge in [-0.05, 0) is 25.8 Å². The Morgan fingerprint density at radius 2 is 2.00 bits per heavy atom. The predicted octanol–water partition coefficient (Wildman–Crippen LogP) is 0.451. The summed E-state index contributed by atoms with van der Waals surface area (Å²) < 4.78 is 33.7. The summed E-state index contributed by atoms with van der Waals surface area (Å²) >= 11 is 0. The molecule has 19 heavy (non-hydrogen) atoms. The molecular weight excluding hydrogens is 266 g/mol. The Morgan fingerprint density at radius 1 is 1.32 bits per heavy atom. The third-order valence-corrected chi connectivity index (χ3v) is 5.13. The van der Waals surface area contributed by atoms with E-state index in [9.17, 15) is 8.42 Å². The summed E-state index contributed by atoms with van der Waals surface area (Å²) in [4.78, 5) is 0. The van der Waals surface area contributed by atoms with E-state index >= 15 is 0 Å². The minimum absolute atomic E-state index is 0.125. The number of hydrogen-bond acceptors (Lipinski definition) is 4. The van der Waals surface area contributed by atoms with Gasteiger partial charge in [0.15, 0.2) is 0 Å². The highest BCUT2D eigenvalue weighted by molar-refractivity contribution is 7.87. The van der Waals surface area contributed by atoms with E-state index in [4.69, 9.17) is 10.5 Å². The van der Waals surface area contributed by atoms with E-state index in [0.29, 0.717) is 32.7 Å². The molecule has 0 saturated heterocycles. The average molecular weight is 293 g/mol. The van der Waals surface area contributed by atoms with E-state index in [0.717, 1.165) is 25.7 Å². The number of rotatable bonds is 9. The van der Waals surface area contributed by atoms with Crippen LogP contribution in [0, 0.1) is 0 Å². The SMILES string of the molecule is COCCNS(=O)(=O)N(CCCN)C1CCCCC1. The van der Waals surface area contributed by atoms with Crippen molar-refractivity contribution in [2.75, 3.05) is 33.4 Å². The monoisotopic (exact) mass is 293 g/mol. The fourth-order valence-electron chi connectivity index (χ4n) is 2.47. The van der Waals surface area contributed by atoms with Gasteiger partial charge >= 0.3 is 0 Å². The Balaban J connectivity index is 2.64. The summed E-state index contributed by atoms with van der Waals surface area (Å²) in [6.07, 6.45) is 6.03.